The van der Waals surface area contributed by atoms with Gasteiger partial charge >= 0.3 is 0 Å². The van der Waals surface area contributed by atoms with Crippen LogP contribution in [-0.2, 0) is 0 Å². The van der Waals surface area contributed by atoms with Crippen molar-refractivity contribution in [3.05, 3.63) is 35.9 Å². The summed E-state index contributed by atoms with van der Waals surface area (Å²) < 4.78 is 0. The second kappa shape index (κ2) is 3.31. The van der Waals surface area contributed by atoms with E-state index in [-0.39, 0.29) is 0 Å². The van der Waals surface area contributed by atoms with Gasteiger partial charge in [-0.25, -0.2) is 0 Å². The number of aliphatic imine (C=N–C) groups is 1. The summed E-state index contributed by atoms with van der Waals surface area (Å²) in [5.41, 5.74) is 1.34. The van der Waals surface area contributed by atoms with E-state index >= 15 is 0 Å². The molecule has 0 spiro atoms. The molecule has 0 amide bonds. The van der Waals surface area contributed by atoms with Crippen LogP contribution in [0.3, 0.4) is 0 Å². The highest BCUT2D eigenvalue weighted by molar-refractivity contribution is 8.14. The molecule has 1 aliphatic heterocycles. The molecule has 1 heterocycles. The molecule has 0 bridgehead atoms. The molecule has 0 fully saturated rings. The van der Waals surface area contributed by atoms with Crippen LogP contribution in [0, 0.1) is 0 Å². The predicted octanol–water partition coefficient (Wildman–Crippen LogP) is 2.89. The molecular weight excluding hydrogens is 166 g/mol. The van der Waals surface area contributed by atoms with Gasteiger partial charge in [0.2, 0.25) is 0 Å². The van der Waals surface area contributed by atoms with Gasteiger partial charge in [0.1, 0.15) is 0 Å². The lowest BCUT2D eigenvalue weighted by Gasteiger charge is -2.04. The molecule has 1 nitrogen and oxygen atoms in total. The van der Waals surface area contributed by atoms with Crippen LogP contribution in [0.15, 0.2) is 35.3 Å². The normalized spacial score (nSPS) is 22.4. The van der Waals surface area contributed by atoms with Gasteiger partial charge in [0.05, 0.1) is 11.1 Å². The van der Waals surface area contributed by atoms with Gasteiger partial charge in [0.15, 0.2) is 0 Å². The molecule has 1 aromatic carbocycles. The van der Waals surface area contributed by atoms with E-state index in [1.165, 1.54) is 10.6 Å². The molecule has 0 radical (unpaired) electrons. The molecule has 62 valence electrons. The summed E-state index contributed by atoms with van der Waals surface area (Å²) in [4.78, 5) is 4.54. The fraction of sp³-hybridized carbons (Fsp3) is 0.300. The Balaban J connectivity index is 2.22. The lowest BCUT2D eigenvalue weighted by molar-refractivity contribution is 0.849. The van der Waals surface area contributed by atoms with E-state index in [1.807, 2.05) is 17.8 Å². The fourth-order valence-corrected chi connectivity index (χ4v) is 2.21. The molecular formula is C10H11NS. The summed E-state index contributed by atoms with van der Waals surface area (Å²) in [6.07, 6.45) is 0. The van der Waals surface area contributed by atoms with Crippen molar-refractivity contribution in [3.8, 4) is 0 Å². The van der Waals surface area contributed by atoms with Crippen molar-refractivity contribution in [1.82, 2.24) is 0 Å². The Morgan fingerprint density at radius 2 is 2.08 bits per heavy atom. The quantitative estimate of drug-likeness (QED) is 0.642. The molecule has 0 saturated carbocycles. The van der Waals surface area contributed by atoms with Crippen LogP contribution in [0.5, 0.6) is 0 Å². The van der Waals surface area contributed by atoms with Crippen LogP contribution < -0.4 is 0 Å². The molecule has 0 saturated heterocycles. The van der Waals surface area contributed by atoms with Crippen molar-refractivity contribution >= 4 is 16.8 Å². The maximum Gasteiger partial charge on any atom is 0.0852 e. The second-order valence-electron chi connectivity index (χ2n) is 2.89. The van der Waals surface area contributed by atoms with Crippen LogP contribution in [-0.4, -0.2) is 10.8 Å². The summed E-state index contributed by atoms with van der Waals surface area (Å²) in [7, 11) is 0. The molecule has 1 atom stereocenters. The molecule has 1 aliphatic rings. The van der Waals surface area contributed by atoms with Crippen LogP contribution >= 0.6 is 11.8 Å². The van der Waals surface area contributed by atoms with Gasteiger partial charge in [-0.1, -0.05) is 30.3 Å². The van der Waals surface area contributed by atoms with Crippen molar-refractivity contribution < 1.29 is 0 Å². The van der Waals surface area contributed by atoms with Crippen molar-refractivity contribution in [2.45, 2.75) is 13.0 Å². The fourth-order valence-electron chi connectivity index (χ4n) is 1.34. The smallest absolute Gasteiger partial charge is 0.0852 e. The van der Waals surface area contributed by atoms with Crippen molar-refractivity contribution in [1.29, 1.82) is 0 Å². The Morgan fingerprint density at radius 1 is 1.33 bits per heavy atom. The van der Waals surface area contributed by atoms with E-state index in [2.05, 4.69) is 36.2 Å². The zero-order chi connectivity index (χ0) is 8.39. The number of benzene rings is 1. The lowest BCUT2D eigenvalue weighted by atomic mass is 10.1. The highest BCUT2D eigenvalue weighted by Crippen LogP contribution is 2.29. The first-order chi connectivity index (χ1) is 5.86. The average Bonchev–Trinajstić information content (AvgIpc) is 2.54. The van der Waals surface area contributed by atoms with Crippen LogP contribution in [0.4, 0.5) is 0 Å². The van der Waals surface area contributed by atoms with E-state index in [1.54, 1.807) is 0 Å². The molecule has 1 unspecified atom stereocenters. The number of hydrogen-bond acceptors (Lipinski definition) is 2. The third-order valence-electron chi connectivity index (χ3n) is 1.97. The maximum atomic E-state index is 4.54. The zero-order valence-corrected chi connectivity index (χ0v) is 7.84. The molecule has 2 rings (SSSR count). The first-order valence-corrected chi connectivity index (χ1v) is 5.07. The van der Waals surface area contributed by atoms with E-state index in [0.29, 0.717) is 6.04 Å². The van der Waals surface area contributed by atoms with Gasteiger partial charge in [0, 0.05) is 5.75 Å². The Labute approximate surface area is 76.9 Å². The number of hydrogen-bond donors (Lipinski definition) is 0. The summed E-state index contributed by atoms with van der Waals surface area (Å²) in [5.74, 6) is 1.11. The lowest BCUT2D eigenvalue weighted by Crippen LogP contribution is -1.92. The third kappa shape index (κ3) is 1.53. The molecule has 0 aliphatic carbocycles. The van der Waals surface area contributed by atoms with E-state index in [4.69, 9.17) is 0 Å². The highest BCUT2D eigenvalue weighted by atomic mass is 32.2. The minimum Gasteiger partial charge on any atom is -0.274 e. The first kappa shape index (κ1) is 7.87. The maximum absolute atomic E-state index is 4.54. The number of rotatable bonds is 1. The van der Waals surface area contributed by atoms with Crippen molar-refractivity contribution in [2.24, 2.45) is 4.99 Å². The molecule has 1 aromatic rings. The standard InChI is InChI=1S/C10H11NS/c1-8-11-10(7-12-8)9-5-3-2-4-6-9/h2-6,10H,7H2,1H3. The zero-order valence-electron chi connectivity index (χ0n) is 7.03. The van der Waals surface area contributed by atoms with Crippen molar-refractivity contribution in [3.63, 3.8) is 0 Å². The Kier molecular flexibility index (Phi) is 2.17. The summed E-state index contributed by atoms with van der Waals surface area (Å²) in [6, 6.07) is 10.9. The van der Waals surface area contributed by atoms with E-state index in [9.17, 15) is 0 Å². The van der Waals surface area contributed by atoms with Gasteiger partial charge in [-0.05, 0) is 12.5 Å². The minimum atomic E-state index is 0.399. The molecule has 0 N–H and O–H groups in total. The first-order valence-electron chi connectivity index (χ1n) is 4.08. The molecule has 12 heavy (non-hydrogen) atoms. The Morgan fingerprint density at radius 3 is 2.67 bits per heavy atom. The van der Waals surface area contributed by atoms with Gasteiger partial charge in [0.25, 0.3) is 0 Å². The van der Waals surface area contributed by atoms with Crippen LogP contribution in [0.25, 0.3) is 0 Å². The monoisotopic (exact) mass is 177 g/mol. The third-order valence-corrected chi connectivity index (χ3v) is 2.98. The van der Waals surface area contributed by atoms with Gasteiger partial charge in [-0.15, -0.1) is 11.8 Å². The predicted molar refractivity (Wildman–Crippen MR) is 54.8 cm³/mol. The Bertz CT molecular complexity index is 292. The van der Waals surface area contributed by atoms with Gasteiger partial charge in [-0.3, -0.25) is 4.99 Å². The largest absolute Gasteiger partial charge is 0.274 e. The molecule has 2 heteroatoms. The van der Waals surface area contributed by atoms with Crippen LogP contribution in [0.2, 0.25) is 0 Å². The van der Waals surface area contributed by atoms with Gasteiger partial charge in [-0.2, -0.15) is 0 Å². The Hall–Kier alpha value is -0.760. The molecule has 0 aromatic heterocycles. The van der Waals surface area contributed by atoms with E-state index in [0.717, 1.165) is 5.75 Å². The van der Waals surface area contributed by atoms with E-state index < -0.39 is 0 Å². The van der Waals surface area contributed by atoms with Gasteiger partial charge < -0.3 is 0 Å². The van der Waals surface area contributed by atoms with Crippen molar-refractivity contribution in [2.75, 3.05) is 5.75 Å². The minimum absolute atomic E-state index is 0.399. The number of nitrogens with zero attached hydrogens (tertiary/aromatic N) is 1. The number of thioether (sulfide) groups is 1. The topological polar surface area (TPSA) is 12.4 Å². The summed E-state index contributed by atoms with van der Waals surface area (Å²) in [6.45, 7) is 2.08. The SMILES string of the molecule is CC1=NC(c2ccccc2)CS1. The highest BCUT2D eigenvalue weighted by Gasteiger charge is 2.16. The van der Waals surface area contributed by atoms with Crippen LogP contribution in [0.1, 0.15) is 18.5 Å². The second-order valence-corrected chi connectivity index (χ2v) is 4.10. The average molecular weight is 177 g/mol. The summed E-state index contributed by atoms with van der Waals surface area (Å²) >= 11 is 1.85. The summed E-state index contributed by atoms with van der Waals surface area (Å²) in [5, 5.41) is 1.21.